The minimum absolute atomic E-state index is 0.0482. The maximum Gasteiger partial charge on any atom is 0.133 e. The van der Waals surface area contributed by atoms with Crippen LogP contribution < -0.4 is 10.6 Å². The van der Waals surface area contributed by atoms with Crippen molar-refractivity contribution in [1.82, 2.24) is 4.98 Å². The predicted molar refractivity (Wildman–Crippen MR) is 75.9 cm³/mol. The Kier molecular flexibility index (Phi) is 4.12. The molecule has 1 heterocycles. The minimum atomic E-state index is -0.251. The van der Waals surface area contributed by atoms with Gasteiger partial charge in [-0.2, -0.15) is 0 Å². The van der Waals surface area contributed by atoms with Crippen LogP contribution in [0.5, 0.6) is 0 Å². The van der Waals surface area contributed by atoms with Crippen LogP contribution in [0.25, 0.3) is 0 Å². The molecule has 0 radical (unpaired) electrons. The van der Waals surface area contributed by atoms with Crippen molar-refractivity contribution in [3.8, 4) is 0 Å². The number of hydrogen-bond acceptors (Lipinski definition) is 3. The van der Waals surface area contributed by atoms with Crippen LogP contribution in [0.4, 0.5) is 15.9 Å². The van der Waals surface area contributed by atoms with Crippen molar-refractivity contribution in [3.05, 3.63) is 54.0 Å². The fraction of sp³-hybridized carbons (Fsp3) is 0.267. The summed E-state index contributed by atoms with van der Waals surface area (Å²) < 4.78 is 13.3. The molecule has 2 aromatic rings. The standard InChI is InChI=1S/C15H18FN3/c1-3-19(14-6-4-5-13(16)10-14)15-9-12(11(2)17)7-8-18-15/h4-11H,3,17H2,1-2H3/t11-/m0/s1. The van der Waals surface area contributed by atoms with Gasteiger partial charge in [-0.25, -0.2) is 9.37 Å². The SMILES string of the molecule is CCN(c1cccc(F)c1)c1cc([C@H](C)N)ccn1. The van der Waals surface area contributed by atoms with E-state index in [1.54, 1.807) is 12.3 Å². The Balaban J connectivity index is 2.39. The first kappa shape index (κ1) is 13.5. The van der Waals surface area contributed by atoms with E-state index < -0.39 is 0 Å². The normalized spacial score (nSPS) is 12.2. The van der Waals surface area contributed by atoms with Gasteiger partial charge in [-0.05, 0) is 49.7 Å². The molecule has 1 atom stereocenters. The summed E-state index contributed by atoms with van der Waals surface area (Å²) in [6.45, 7) is 4.64. The summed E-state index contributed by atoms with van der Waals surface area (Å²) >= 11 is 0. The van der Waals surface area contributed by atoms with Gasteiger partial charge in [0.25, 0.3) is 0 Å². The highest BCUT2D eigenvalue weighted by atomic mass is 19.1. The van der Waals surface area contributed by atoms with Gasteiger partial charge >= 0.3 is 0 Å². The molecular formula is C15H18FN3. The van der Waals surface area contributed by atoms with E-state index in [2.05, 4.69) is 4.98 Å². The molecule has 1 aromatic heterocycles. The van der Waals surface area contributed by atoms with Crippen molar-refractivity contribution in [2.45, 2.75) is 19.9 Å². The number of nitrogens with zero attached hydrogens (tertiary/aromatic N) is 2. The lowest BCUT2D eigenvalue weighted by atomic mass is 10.1. The predicted octanol–water partition coefficient (Wildman–Crippen LogP) is 3.40. The number of anilines is 2. The molecule has 0 amide bonds. The van der Waals surface area contributed by atoms with Gasteiger partial charge in [0.15, 0.2) is 0 Å². The van der Waals surface area contributed by atoms with Crippen LogP contribution in [-0.2, 0) is 0 Å². The van der Waals surface area contributed by atoms with E-state index in [-0.39, 0.29) is 11.9 Å². The highest BCUT2D eigenvalue weighted by molar-refractivity contribution is 5.60. The molecule has 0 aliphatic carbocycles. The number of aromatic nitrogens is 1. The minimum Gasteiger partial charge on any atom is -0.327 e. The first-order valence-corrected chi connectivity index (χ1v) is 6.36. The number of benzene rings is 1. The molecule has 2 rings (SSSR count). The monoisotopic (exact) mass is 259 g/mol. The zero-order chi connectivity index (χ0) is 13.8. The van der Waals surface area contributed by atoms with Gasteiger partial charge in [0, 0.05) is 24.5 Å². The fourth-order valence-corrected chi connectivity index (χ4v) is 1.99. The average Bonchev–Trinajstić information content (AvgIpc) is 2.40. The van der Waals surface area contributed by atoms with E-state index >= 15 is 0 Å². The third kappa shape index (κ3) is 3.09. The maximum atomic E-state index is 13.3. The Morgan fingerprint density at radius 3 is 2.74 bits per heavy atom. The maximum absolute atomic E-state index is 13.3. The van der Waals surface area contributed by atoms with Crippen LogP contribution in [0, 0.1) is 5.82 Å². The quantitative estimate of drug-likeness (QED) is 0.915. The largest absolute Gasteiger partial charge is 0.327 e. The van der Waals surface area contributed by atoms with Crippen LogP contribution >= 0.6 is 0 Å². The second kappa shape index (κ2) is 5.80. The van der Waals surface area contributed by atoms with E-state index in [4.69, 9.17) is 5.73 Å². The zero-order valence-corrected chi connectivity index (χ0v) is 11.2. The number of rotatable bonds is 4. The van der Waals surface area contributed by atoms with Gasteiger partial charge < -0.3 is 10.6 Å². The number of hydrogen-bond donors (Lipinski definition) is 1. The molecule has 19 heavy (non-hydrogen) atoms. The Labute approximate surface area is 112 Å². The fourth-order valence-electron chi connectivity index (χ4n) is 1.99. The molecule has 0 saturated heterocycles. The molecule has 0 aliphatic heterocycles. The summed E-state index contributed by atoms with van der Waals surface area (Å²) in [6, 6.07) is 10.3. The molecular weight excluding hydrogens is 241 g/mol. The number of pyridine rings is 1. The second-order valence-corrected chi connectivity index (χ2v) is 4.46. The van der Waals surface area contributed by atoms with E-state index in [1.165, 1.54) is 12.1 Å². The lowest BCUT2D eigenvalue weighted by Crippen LogP contribution is -2.18. The molecule has 0 fully saturated rings. The van der Waals surface area contributed by atoms with Gasteiger partial charge in [-0.1, -0.05) is 6.07 Å². The molecule has 0 aliphatic rings. The number of nitrogens with two attached hydrogens (primary N) is 1. The molecule has 0 bridgehead atoms. The lowest BCUT2D eigenvalue weighted by molar-refractivity contribution is 0.627. The molecule has 1 aromatic carbocycles. The van der Waals surface area contributed by atoms with Crippen LogP contribution in [0.3, 0.4) is 0 Å². The second-order valence-electron chi connectivity index (χ2n) is 4.46. The summed E-state index contributed by atoms with van der Waals surface area (Å²) in [5.74, 6) is 0.530. The molecule has 0 saturated carbocycles. The summed E-state index contributed by atoms with van der Waals surface area (Å²) in [4.78, 5) is 6.30. The molecule has 2 N–H and O–H groups in total. The van der Waals surface area contributed by atoms with Crippen molar-refractivity contribution in [2.24, 2.45) is 5.73 Å². The highest BCUT2D eigenvalue weighted by Gasteiger charge is 2.10. The van der Waals surface area contributed by atoms with E-state index in [0.29, 0.717) is 6.54 Å². The third-order valence-electron chi connectivity index (χ3n) is 3.01. The van der Waals surface area contributed by atoms with Crippen LogP contribution in [0.1, 0.15) is 25.5 Å². The van der Waals surface area contributed by atoms with Crippen molar-refractivity contribution >= 4 is 11.5 Å². The van der Waals surface area contributed by atoms with Gasteiger partial charge in [0.05, 0.1) is 0 Å². The Bertz CT molecular complexity index is 555. The molecule has 3 nitrogen and oxygen atoms in total. The summed E-state index contributed by atoms with van der Waals surface area (Å²) in [5.41, 5.74) is 7.68. The summed E-state index contributed by atoms with van der Waals surface area (Å²) in [6.07, 6.45) is 1.73. The summed E-state index contributed by atoms with van der Waals surface area (Å²) in [5, 5.41) is 0. The van der Waals surface area contributed by atoms with Crippen molar-refractivity contribution < 1.29 is 4.39 Å². The molecule has 100 valence electrons. The highest BCUT2D eigenvalue weighted by Crippen LogP contribution is 2.25. The smallest absolute Gasteiger partial charge is 0.133 e. The first-order valence-electron chi connectivity index (χ1n) is 6.36. The van der Waals surface area contributed by atoms with Gasteiger partial charge in [-0.15, -0.1) is 0 Å². The van der Waals surface area contributed by atoms with Gasteiger partial charge in [0.1, 0.15) is 11.6 Å². The van der Waals surface area contributed by atoms with Crippen molar-refractivity contribution in [1.29, 1.82) is 0 Å². The Morgan fingerprint density at radius 2 is 2.11 bits per heavy atom. The Morgan fingerprint density at radius 1 is 1.32 bits per heavy atom. The average molecular weight is 259 g/mol. The van der Waals surface area contributed by atoms with Crippen LogP contribution in [0.2, 0.25) is 0 Å². The summed E-state index contributed by atoms with van der Waals surface area (Å²) in [7, 11) is 0. The van der Waals surface area contributed by atoms with Gasteiger partial charge in [0.2, 0.25) is 0 Å². The van der Waals surface area contributed by atoms with Crippen LogP contribution in [-0.4, -0.2) is 11.5 Å². The zero-order valence-electron chi connectivity index (χ0n) is 11.2. The number of halogens is 1. The molecule has 0 unspecified atom stereocenters. The third-order valence-corrected chi connectivity index (χ3v) is 3.01. The molecule has 4 heteroatoms. The van der Waals surface area contributed by atoms with E-state index in [0.717, 1.165) is 17.1 Å². The van der Waals surface area contributed by atoms with Crippen molar-refractivity contribution in [3.63, 3.8) is 0 Å². The topological polar surface area (TPSA) is 42.1 Å². The van der Waals surface area contributed by atoms with Crippen molar-refractivity contribution in [2.75, 3.05) is 11.4 Å². The first-order chi connectivity index (χ1) is 9.11. The lowest BCUT2D eigenvalue weighted by Gasteiger charge is -2.23. The van der Waals surface area contributed by atoms with E-state index in [9.17, 15) is 4.39 Å². The van der Waals surface area contributed by atoms with Crippen LogP contribution in [0.15, 0.2) is 42.6 Å². The van der Waals surface area contributed by atoms with E-state index in [1.807, 2.05) is 36.9 Å². The van der Waals surface area contributed by atoms with Gasteiger partial charge in [-0.3, -0.25) is 0 Å². The Hall–Kier alpha value is -1.94. The molecule has 0 spiro atoms.